The molecule has 17 heavy (non-hydrogen) atoms. The minimum atomic E-state index is -0.508. The number of aliphatic hydroxyl groups is 1. The molecule has 0 saturated carbocycles. The lowest BCUT2D eigenvalue weighted by Crippen LogP contribution is -2.39. The fourth-order valence-electron chi connectivity index (χ4n) is 1.68. The largest absolute Gasteiger partial charge is 0.390 e. The van der Waals surface area contributed by atoms with Crippen LogP contribution in [0.2, 0.25) is 0 Å². The summed E-state index contributed by atoms with van der Waals surface area (Å²) in [6, 6.07) is 0. The topological polar surface area (TPSA) is 52.6 Å². The van der Waals surface area contributed by atoms with Crippen LogP contribution in [0.15, 0.2) is 12.2 Å². The van der Waals surface area contributed by atoms with E-state index < -0.39 is 6.10 Å². The van der Waals surface area contributed by atoms with Gasteiger partial charge in [-0.3, -0.25) is 4.79 Å². The zero-order valence-corrected chi connectivity index (χ0v) is 11.4. The summed E-state index contributed by atoms with van der Waals surface area (Å²) in [5, 5.41) is 12.3. The average molecular weight is 242 g/mol. The summed E-state index contributed by atoms with van der Waals surface area (Å²) in [7, 11) is 1.98. The van der Waals surface area contributed by atoms with E-state index in [-0.39, 0.29) is 5.91 Å². The van der Waals surface area contributed by atoms with Gasteiger partial charge in [0.15, 0.2) is 0 Å². The highest BCUT2D eigenvalue weighted by Crippen LogP contribution is 2.01. The molecule has 0 fully saturated rings. The third-order valence-electron chi connectivity index (χ3n) is 2.41. The summed E-state index contributed by atoms with van der Waals surface area (Å²) in [5.41, 5.74) is 0. The standard InChI is InChI=1S/C13H26N2O2/c1-5-6-7-11(2)9-15(4)10-13(17)8-14-12(3)16/h6-7,11,13,17H,5,8-10H2,1-4H3,(H,14,16)/b7-6-. The lowest BCUT2D eigenvalue weighted by atomic mass is 10.1. The van der Waals surface area contributed by atoms with Crippen molar-refractivity contribution in [2.45, 2.75) is 33.3 Å². The molecule has 0 rings (SSSR count). The highest BCUT2D eigenvalue weighted by atomic mass is 16.3. The summed E-state index contributed by atoms with van der Waals surface area (Å²) in [5.74, 6) is 0.374. The third-order valence-corrected chi connectivity index (χ3v) is 2.41. The number of rotatable bonds is 8. The van der Waals surface area contributed by atoms with Gasteiger partial charge < -0.3 is 15.3 Å². The van der Waals surface area contributed by atoms with Gasteiger partial charge in [0.25, 0.3) is 0 Å². The van der Waals surface area contributed by atoms with Crippen molar-refractivity contribution >= 4 is 5.91 Å². The molecule has 0 radical (unpaired) electrons. The van der Waals surface area contributed by atoms with Gasteiger partial charge in [-0.15, -0.1) is 0 Å². The van der Waals surface area contributed by atoms with Crippen molar-refractivity contribution in [1.29, 1.82) is 0 Å². The van der Waals surface area contributed by atoms with Crippen molar-refractivity contribution in [3.63, 3.8) is 0 Å². The van der Waals surface area contributed by atoms with Crippen LogP contribution in [0.3, 0.4) is 0 Å². The minimum absolute atomic E-state index is 0.106. The molecule has 2 atom stereocenters. The van der Waals surface area contributed by atoms with Crippen LogP contribution in [0.4, 0.5) is 0 Å². The lowest BCUT2D eigenvalue weighted by Gasteiger charge is -2.22. The number of aliphatic hydroxyl groups excluding tert-OH is 1. The van der Waals surface area contributed by atoms with E-state index in [1.54, 1.807) is 0 Å². The van der Waals surface area contributed by atoms with Crippen LogP contribution in [0, 0.1) is 5.92 Å². The van der Waals surface area contributed by atoms with Gasteiger partial charge in [0.05, 0.1) is 6.10 Å². The second-order valence-electron chi connectivity index (χ2n) is 4.63. The number of hydrogen-bond acceptors (Lipinski definition) is 3. The van der Waals surface area contributed by atoms with E-state index in [0.29, 0.717) is 19.0 Å². The highest BCUT2D eigenvalue weighted by molar-refractivity contribution is 5.72. The Bertz CT molecular complexity index is 242. The molecule has 0 spiro atoms. The third kappa shape index (κ3) is 10.0. The molecule has 100 valence electrons. The smallest absolute Gasteiger partial charge is 0.216 e. The van der Waals surface area contributed by atoms with Crippen molar-refractivity contribution in [1.82, 2.24) is 10.2 Å². The number of carbonyl (C=O) groups excluding carboxylic acids is 1. The van der Waals surface area contributed by atoms with Gasteiger partial charge in [0, 0.05) is 26.6 Å². The molecule has 1 amide bonds. The Hall–Kier alpha value is -0.870. The number of carbonyl (C=O) groups is 1. The van der Waals surface area contributed by atoms with Crippen molar-refractivity contribution in [3.05, 3.63) is 12.2 Å². The van der Waals surface area contributed by atoms with Crippen molar-refractivity contribution in [2.75, 3.05) is 26.7 Å². The van der Waals surface area contributed by atoms with E-state index in [2.05, 4.69) is 36.2 Å². The SMILES string of the molecule is CC/C=C\C(C)CN(C)CC(O)CNC(C)=O. The Labute approximate surface area is 105 Å². The monoisotopic (exact) mass is 242 g/mol. The van der Waals surface area contributed by atoms with Crippen LogP contribution < -0.4 is 5.32 Å². The first-order chi connectivity index (χ1) is 7.95. The normalized spacial score (nSPS) is 15.2. The van der Waals surface area contributed by atoms with Crippen molar-refractivity contribution in [2.24, 2.45) is 5.92 Å². The second kappa shape index (κ2) is 9.19. The number of allylic oxidation sites excluding steroid dienone is 1. The first-order valence-electron chi connectivity index (χ1n) is 6.23. The molecule has 2 unspecified atom stereocenters. The van der Waals surface area contributed by atoms with Crippen LogP contribution in [-0.2, 0) is 4.79 Å². The van der Waals surface area contributed by atoms with Crippen LogP contribution in [-0.4, -0.2) is 48.7 Å². The molecular weight excluding hydrogens is 216 g/mol. The quantitative estimate of drug-likeness (QED) is 0.625. The van der Waals surface area contributed by atoms with E-state index in [1.807, 2.05) is 7.05 Å². The second-order valence-corrected chi connectivity index (χ2v) is 4.63. The maximum atomic E-state index is 10.7. The van der Waals surface area contributed by atoms with Crippen LogP contribution in [0.25, 0.3) is 0 Å². The Morgan fingerprint density at radius 1 is 1.47 bits per heavy atom. The Kier molecular flexibility index (Phi) is 8.72. The fourth-order valence-corrected chi connectivity index (χ4v) is 1.68. The van der Waals surface area contributed by atoms with Gasteiger partial charge in [0.2, 0.25) is 5.91 Å². The number of nitrogens with zero attached hydrogens (tertiary/aromatic N) is 1. The van der Waals surface area contributed by atoms with Crippen LogP contribution in [0.5, 0.6) is 0 Å². The Morgan fingerprint density at radius 3 is 2.65 bits per heavy atom. The lowest BCUT2D eigenvalue weighted by molar-refractivity contribution is -0.119. The molecule has 2 N–H and O–H groups in total. The Balaban J connectivity index is 3.80. The number of nitrogens with one attached hydrogen (secondary N) is 1. The fraction of sp³-hybridized carbons (Fsp3) is 0.769. The molecule has 0 bridgehead atoms. The van der Waals surface area contributed by atoms with Crippen molar-refractivity contribution in [3.8, 4) is 0 Å². The zero-order chi connectivity index (χ0) is 13.3. The molecular formula is C13H26N2O2. The van der Waals surface area contributed by atoms with Crippen LogP contribution in [0.1, 0.15) is 27.2 Å². The first-order valence-corrected chi connectivity index (χ1v) is 6.23. The predicted molar refractivity (Wildman–Crippen MR) is 70.8 cm³/mol. The van der Waals surface area contributed by atoms with E-state index in [4.69, 9.17) is 0 Å². The number of hydrogen-bond donors (Lipinski definition) is 2. The molecule has 0 aliphatic rings. The maximum Gasteiger partial charge on any atom is 0.216 e. The van der Waals surface area contributed by atoms with Gasteiger partial charge in [-0.2, -0.15) is 0 Å². The van der Waals surface area contributed by atoms with Crippen molar-refractivity contribution < 1.29 is 9.90 Å². The van der Waals surface area contributed by atoms with Gasteiger partial charge in [-0.05, 0) is 19.4 Å². The molecule has 0 aliphatic heterocycles. The summed E-state index contributed by atoms with van der Waals surface area (Å²) >= 11 is 0. The van der Waals surface area contributed by atoms with Gasteiger partial charge in [0.1, 0.15) is 0 Å². The summed E-state index contributed by atoms with van der Waals surface area (Å²) in [6.45, 7) is 7.53. The molecule has 4 heteroatoms. The summed E-state index contributed by atoms with van der Waals surface area (Å²) in [6.07, 6.45) is 4.90. The molecule has 0 aromatic rings. The first kappa shape index (κ1) is 16.1. The number of amides is 1. The molecule has 0 aromatic heterocycles. The molecule has 0 aromatic carbocycles. The maximum absolute atomic E-state index is 10.7. The highest BCUT2D eigenvalue weighted by Gasteiger charge is 2.10. The molecule has 0 heterocycles. The predicted octanol–water partition coefficient (Wildman–Crippen LogP) is 1.02. The molecule has 4 nitrogen and oxygen atoms in total. The van der Waals surface area contributed by atoms with Crippen LogP contribution >= 0.6 is 0 Å². The Morgan fingerprint density at radius 2 is 2.12 bits per heavy atom. The van der Waals surface area contributed by atoms with E-state index in [0.717, 1.165) is 13.0 Å². The van der Waals surface area contributed by atoms with Gasteiger partial charge in [-0.1, -0.05) is 26.0 Å². The van der Waals surface area contributed by atoms with E-state index in [9.17, 15) is 9.90 Å². The molecule has 0 saturated heterocycles. The minimum Gasteiger partial charge on any atom is -0.390 e. The summed E-state index contributed by atoms with van der Waals surface area (Å²) < 4.78 is 0. The summed E-state index contributed by atoms with van der Waals surface area (Å²) in [4.78, 5) is 12.8. The molecule has 0 aliphatic carbocycles. The number of likely N-dealkylation sites (N-methyl/N-ethyl adjacent to an activating group) is 1. The zero-order valence-electron chi connectivity index (χ0n) is 11.4. The van der Waals surface area contributed by atoms with Gasteiger partial charge in [-0.25, -0.2) is 0 Å². The van der Waals surface area contributed by atoms with E-state index >= 15 is 0 Å². The average Bonchev–Trinajstić information content (AvgIpc) is 2.23. The van der Waals surface area contributed by atoms with E-state index in [1.165, 1.54) is 6.92 Å². The van der Waals surface area contributed by atoms with Gasteiger partial charge >= 0.3 is 0 Å².